The number of nitro groups is 1. The molecule has 0 fully saturated rings. The molecule has 0 saturated heterocycles. The average molecular weight is 588 g/mol. The molecule has 2 rings (SSSR count). The molecule has 1 atom stereocenters. The SMILES string of the molecule is CC[C@@H](C(=O)NCC(C)C)N(Cc1ccc(Cl)cc1Cl)C(=O)CN(c1cc([N+](=O)[O-])ccc1C)S(C)(=O)=O. The van der Waals surface area contributed by atoms with Gasteiger partial charge in [-0.2, -0.15) is 0 Å². The lowest BCUT2D eigenvalue weighted by atomic mass is 10.1. The van der Waals surface area contributed by atoms with Crippen LogP contribution in [0.15, 0.2) is 36.4 Å². The van der Waals surface area contributed by atoms with Crippen LogP contribution >= 0.6 is 23.2 Å². The van der Waals surface area contributed by atoms with Gasteiger partial charge in [-0.15, -0.1) is 0 Å². The summed E-state index contributed by atoms with van der Waals surface area (Å²) in [5.41, 5.74) is 0.604. The summed E-state index contributed by atoms with van der Waals surface area (Å²) >= 11 is 12.4. The Labute approximate surface area is 233 Å². The Morgan fingerprint density at radius 3 is 2.32 bits per heavy atom. The molecule has 0 heterocycles. The van der Waals surface area contributed by atoms with E-state index in [1.807, 2.05) is 13.8 Å². The molecule has 0 saturated carbocycles. The Balaban J connectivity index is 2.55. The van der Waals surface area contributed by atoms with Crippen LogP contribution < -0.4 is 9.62 Å². The smallest absolute Gasteiger partial charge is 0.271 e. The second kappa shape index (κ2) is 13.3. The first-order chi connectivity index (χ1) is 17.6. The monoisotopic (exact) mass is 586 g/mol. The van der Waals surface area contributed by atoms with Gasteiger partial charge in [-0.3, -0.25) is 24.0 Å². The van der Waals surface area contributed by atoms with Crippen LogP contribution in [0.2, 0.25) is 10.0 Å². The molecule has 0 bridgehead atoms. The largest absolute Gasteiger partial charge is 0.354 e. The van der Waals surface area contributed by atoms with Crippen LogP contribution in [0.3, 0.4) is 0 Å². The van der Waals surface area contributed by atoms with Gasteiger partial charge in [-0.05, 0) is 42.5 Å². The van der Waals surface area contributed by atoms with E-state index in [1.165, 1.54) is 23.1 Å². The summed E-state index contributed by atoms with van der Waals surface area (Å²) < 4.78 is 26.4. The molecule has 0 aromatic heterocycles. The van der Waals surface area contributed by atoms with E-state index in [0.717, 1.165) is 16.6 Å². The maximum atomic E-state index is 13.8. The molecule has 2 aromatic carbocycles. The number of nitrogens with one attached hydrogen (secondary N) is 1. The number of carbonyl (C=O) groups excluding carboxylic acids is 2. The zero-order valence-electron chi connectivity index (χ0n) is 21.9. The summed E-state index contributed by atoms with van der Waals surface area (Å²) in [6.45, 7) is 6.81. The number of nitrogens with zero attached hydrogens (tertiary/aromatic N) is 3. The van der Waals surface area contributed by atoms with Crippen molar-refractivity contribution in [3.05, 3.63) is 67.7 Å². The first-order valence-electron chi connectivity index (χ1n) is 11.9. The quantitative estimate of drug-likeness (QED) is 0.286. The third kappa shape index (κ3) is 8.31. The van der Waals surface area contributed by atoms with Crippen molar-refractivity contribution >= 4 is 56.4 Å². The number of halogens is 2. The Bertz CT molecular complexity index is 1300. The zero-order valence-corrected chi connectivity index (χ0v) is 24.2. The Kier molecular flexibility index (Phi) is 10.9. The van der Waals surface area contributed by atoms with Gasteiger partial charge in [0, 0.05) is 35.3 Å². The van der Waals surface area contributed by atoms with E-state index in [0.29, 0.717) is 22.7 Å². The van der Waals surface area contributed by atoms with Crippen molar-refractivity contribution in [2.75, 3.05) is 23.7 Å². The number of hydrogen-bond acceptors (Lipinski definition) is 6. The fraction of sp³-hybridized carbons (Fsp3) is 0.440. The van der Waals surface area contributed by atoms with Gasteiger partial charge < -0.3 is 10.2 Å². The predicted molar refractivity (Wildman–Crippen MR) is 149 cm³/mol. The number of nitro benzene ring substituents is 1. The topological polar surface area (TPSA) is 130 Å². The third-order valence-corrected chi connectivity index (χ3v) is 7.49. The Morgan fingerprint density at radius 1 is 1.13 bits per heavy atom. The highest BCUT2D eigenvalue weighted by Crippen LogP contribution is 2.29. The first-order valence-corrected chi connectivity index (χ1v) is 14.5. The van der Waals surface area contributed by atoms with Crippen LogP contribution in [-0.2, 0) is 26.2 Å². The number of benzene rings is 2. The molecule has 13 heteroatoms. The molecule has 10 nitrogen and oxygen atoms in total. The second-order valence-corrected chi connectivity index (χ2v) is 12.1. The number of non-ortho nitro benzene ring substituents is 1. The summed E-state index contributed by atoms with van der Waals surface area (Å²) in [5, 5.41) is 14.8. The van der Waals surface area contributed by atoms with Crippen molar-refractivity contribution in [3.63, 3.8) is 0 Å². The van der Waals surface area contributed by atoms with Crippen molar-refractivity contribution in [1.82, 2.24) is 10.2 Å². The van der Waals surface area contributed by atoms with Gasteiger partial charge in [0.25, 0.3) is 5.69 Å². The Morgan fingerprint density at radius 2 is 1.79 bits per heavy atom. The molecule has 0 radical (unpaired) electrons. The van der Waals surface area contributed by atoms with Crippen LogP contribution in [0, 0.1) is 23.0 Å². The van der Waals surface area contributed by atoms with E-state index in [2.05, 4.69) is 5.32 Å². The summed E-state index contributed by atoms with van der Waals surface area (Å²) in [6, 6.07) is 7.58. The van der Waals surface area contributed by atoms with Crippen molar-refractivity contribution in [1.29, 1.82) is 0 Å². The van der Waals surface area contributed by atoms with Gasteiger partial charge in [0.1, 0.15) is 12.6 Å². The van der Waals surface area contributed by atoms with Crippen molar-refractivity contribution < 1.29 is 22.9 Å². The zero-order chi connectivity index (χ0) is 28.8. The van der Waals surface area contributed by atoms with E-state index < -0.39 is 39.3 Å². The standard InChI is InChI=1S/C25H32Cl2N4O6S/c1-6-22(25(33)28-13-16(2)3)29(14-18-8-9-19(26)11-21(18)27)24(32)15-30(38(5,36)37)23-12-20(31(34)35)10-7-17(23)4/h7-12,16,22H,6,13-15H2,1-5H3,(H,28,33)/t22-/m0/s1. The summed E-state index contributed by atoms with van der Waals surface area (Å²) in [6.07, 6.45) is 1.15. The molecule has 208 valence electrons. The number of hydrogen-bond donors (Lipinski definition) is 1. The lowest BCUT2D eigenvalue weighted by molar-refractivity contribution is -0.384. The lowest BCUT2D eigenvalue weighted by Gasteiger charge is -2.33. The minimum absolute atomic E-state index is 0.00293. The molecule has 1 N–H and O–H groups in total. The van der Waals surface area contributed by atoms with Crippen LogP contribution in [0.5, 0.6) is 0 Å². The van der Waals surface area contributed by atoms with Gasteiger partial charge in [0.05, 0.1) is 16.9 Å². The molecule has 0 aliphatic heterocycles. The molecule has 38 heavy (non-hydrogen) atoms. The number of aryl methyl sites for hydroxylation is 1. The number of carbonyl (C=O) groups is 2. The first kappa shape index (κ1) is 31.3. The highest BCUT2D eigenvalue weighted by atomic mass is 35.5. The van der Waals surface area contributed by atoms with Gasteiger partial charge in [-0.1, -0.05) is 56.1 Å². The van der Waals surface area contributed by atoms with Crippen LogP contribution in [0.4, 0.5) is 11.4 Å². The average Bonchev–Trinajstić information content (AvgIpc) is 2.81. The molecular weight excluding hydrogens is 555 g/mol. The third-order valence-electron chi connectivity index (χ3n) is 5.78. The van der Waals surface area contributed by atoms with E-state index in [1.54, 1.807) is 26.0 Å². The van der Waals surface area contributed by atoms with Crippen LogP contribution in [0.25, 0.3) is 0 Å². The molecule has 2 aromatic rings. The molecule has 0 aliphatic carbocycles. The van der Waals surface area contributed by atoms with E-state index in [9.17, 15) is 28.1 Å². The molecule has 0 spiro atoms. The maximum absolute atomic E-state index is 13.8. The van der Waals surface area contributed by atoms with Crippen molar-refractivity contribution in [2.45, 2.75) is 46.7 Å². The normalized spacial score (nSPS) is 12.2. The predicted octanol–water partition coefficient (Wildman–Crippen LogP) is 4.56. The number of sulfonamides is 1. The highest BCUT2D eigenvalue weighted by molar-refractivity contribution is 7.92. The van der Waals surface area contributed by atoms with Crippen LogP contribution in [-0.4, -0.2) is 55.4 Å². The van der Waals surface area contributed by atoms with Gasteiger partial charge in [0.2, 0.25) is 21.8 Å². The lowest BCUT2D eigenvalue weighted by Crippen LogP contribution is -2.52. The fourth-order valence-electron chi connectivity index (χ4n) is 3.75. The molecular formula is C25H32Cl2N4O6S. The maximum Gasteiger partial charge on any atom is 0.271 e. The molecule has 0 aliphatic rings. The number of amides is 2. The van der Waals surface area contributed by atoms with Gasteiger partial charge >= 0.3 is 0 Å². The van der Waals surface area contributed by atoms with Crippen molar-refractivity contribution in [2.24, 2.45) is 5.92 Å². The highest BCUT2D eigenvalue weighted by Gasteiger charge is 2.33. The van der Waals surface area contributed by atoms with E-state index in [-0.39, 0.29) is 35.3 Å². The van der Waals surface area contributed by atoms with E-state index >= 15 is 0 Å². The number of rotatable bonds is 12. The minimum Gasteiger partial charge on any atom is -0.354 e. The molecule has 0 unspecified atom stereocenters. The van der Waals surface area contributed by atoms with Crippen molar-refractivity contribution in [3.8, 4) is 0 Å². The van der Waals surface area contributed by atoms with Gasteiger partial charge in [0.15, 0.2) is 0 Å². The van der Waals surface area contributed by atoms with E-state index in [4.69, 9.17) is 23.2 Å². The number of anilines is 1. The molecule has 2 amide bonds. The second-order valence-electron chi connectivity index (χ2n) is 9.32. The van der Waals surface area contributed by atoms with Gasteiger partial charge in [-0.25, -0.2) is 8.42 Å². The Hall–Kier alpha value is -2.89. The summed E-state index contributed by atoms with van der Waals surface area (Å²) in [5.74, 6) is -0.903. The summed E-state index contributed by atoms with van der Waals surface area (Å²) in [4.78, 5) is 38.8. The fourth-order valence-corrected chi connectivity index (χ4v) is 5.12. The minimum atomic E-state index is -4.05. The summed E-state index contributed by atoms with van der Waals surface area (Å²) in [7, 11) is -4.05. The van der Waals surface area contributed by atoms with Crippen LogP contribution in [0.1, 0.15) is 38.3 Å².